The van der Waals surface area contributed by atoms with Crippen molar-refractivity contribution in [1.82, 2.24) is 5.43 Å². The van der Waals surface area contributed by atoms with E-state index in [1.54, 1.807) is 30.3 Å². The zero-order valence-electron chi connectivity index (χ0n) is 13.3. The van der Waals surface area contributed by atoms with Crippen LogP contribution in [0.1, 0.15) is 5.56 Å². The van der Waals surface area contributed by atoms with Crippen LogP contribution < -0.4 is 10.2 Å². The van der Waals surface area contributed by atoms with Gasteiger partial charge in [-0.1, -0.05) is 36.3 Å². The maximum Gasteiger partial charge on any atom is 0.462 e. The highest BCUT2D eigenvalue weighted by Gasteiger charge is 2.73. The number of hydrazone groups is 1. The average molecular weight is 392 g/mol. The topological polar surface area (TPSA) is 33.6 Å². The molecule has 3 nitrogen and oxygen atoms in total. The van der Waals surface area contributed by atoms with Gasteiger partial charge < -0.3 is 4.74 Å². The van der Waals surface area contributed by atoms with Crippen LogP contribution in [0.15, 0.2) is 41.5 Å². The van der Waals surface area contributed by atoms with Crippen LogP contribution in [-0.4, -0.2) is 31.0 Å². The second-order valence-corrected chi connectivity index (χ2v) is 5.21. The minimum absolute atomic E-state index is 0.0713. The third kappa shape index (κ3) is 4.07. The van der Waals surface area contributed by atoms with Gasteiger partial charge in [-0.3, -0.25) is 0 Å². The van der Waals surface area contributed by atoms with Gasteiger partial charge in [-0.2, -0.15) is 35.8 Å². The van der Waals surface area contributed by atoms with Crippen molar-refractivity contribution in [2.24, 2.45) is 5.10 Å². The molecule has 2 rings (SSSR count). The first-order valence-electron chi connectivity index (χ1n) is 7.22. The van der Waals surface area contributed by atoms with Crippen LogP contribution in [-0.2, 0) is 0 Å². The fourth-order valence-electron chi connectivity index (χ4n) is 2.08. The molecule has 0 amide bonds. The fourth-order valence-corrected chi connectivity index (χ4v) is 2.08. The predicted octanol–water partition coefficient (Wildman–Crippen LogP) is 4.57. The van der Waals surface area contributed by atoms with Crippen LogP contribution in [0.3, 0.4) is 0 Å². The van der Waals surface area contributed by atoms with Gasteiger partial charge in [0.2, 0.25) is 0 Å². The van der Waals surface area contributed by atoms with Crippen LogP contribution in [0.5, 0.6) is 5.75 Å². The highest BCUT2D eigenvalue weighted by Crippen LogP contribution is 2.45. The number of ether oxygens (including phenoxy) is 1. The van der Waals surface area contributed by atoms with Crippen LogP contribution in [0.2, 0.25) is 0 Å². The Bertz CT molecular complexity index is 885. The van der Waals surface area contributed by atoms with Crippen LogP contribution >= 0.6 is 0 Å². The highest BCUT2D eigenvalue weighted by atomic mass is 19.4. The molecule has 0 saturated heterocycles. The first kappa shape index (κ1) is 20.4. The normalized spacial score (nSPS) is 13.0. The maximum absolute atomic E-state index is 13.3. The zero-order valence-corrected chi connectivity index (χ0v) is 13.3. The largest absolute Gasteiger partial charge is 0.480 e. The van der Waals surface area contributed by atoms with Crippen molar-refractivity contribution in [3.8, 4) is 18.1 Å². The number of hydrogen-bond acceptors (Lipinski definition) is 3. The molecular weight excluding hydrogens is 381 g/mol. The summed E-state index contributed by atoms with van der Waals surface area (Å²) in [5, 5.41) is 3.93. The van der Waals surface area contributed by atoms with E-state index in [1.807, 2.05) is 0 Å². The fraction of sp³-hybridized carbons (Fsp3) is 0.235. The minimum Gasteiger partial charge on any atom is -0.480 e. The van der Waals surface area contributed by atoms with Crippen LogP contribution in [0.25, 0.3) is 10.8 Å². The molecule has 0 aromatic heterocycles. The smallest absolute Gasteiger partial charge is 0.462 e. The Balaban J connectivity index is 2.38. The number of nitrogens with one attached hydrogen (secondary N) is 1. The number of nitrogens with zero attached hydrogens (tertiary/aromatic N) is 1. The van der Waals surface area contributed by atoms with Gasteiger partial charge in [-0.05, 0) is 16.8 Å². The molecule has 0 heterocycles. The van der Waals surface area contributed by atoms with Crippen molar-refractivity contribution in [1.29, 1.82) is 0 Å². The van der Waals surface area contributed by atoms with E-state index in [1.165, 1.54) is 6.07 Å². The van der Waals surface area contributed by atoms with E-state index in [0.717, 1.165) is 0 Å². The first-order chi connectivity index (χ1) is 12.5. The van der Waals surface area contributed by atoms with E-state index in [4.69, 9.17) is 11.2 Å². The molecule has 0 aliphatic rings. The zero-order chi connectivity index (χ0) is 20.3. The Morgan fingerprint density at radius 3 is 2.33 bits per heavy atom. The number of benzene rings is 2. The summed E-state index contributed by atoms with van der Waals surface area (Å²) in [5.41, 5.74) is 0.644. The van der Waals surface area contributed by atoms with E-state index >= 15 is 0 Å². The van der Waals surface area contributed by atoms with Crippen LogP contribution in [0, 0.1) is 12.3 Å². The van der Waals surface area contributed by atoms with Crippen molar-refractivity contribution >= 4 is 17.0 Å². The van der Waals surface area contributed by atoms with Gasteiger partial charge in [0.05, 0.1) is 6.21 Å². The van der Waals surface area contributed by atoms with E-state index in [0.29, 0.717) is 22.4 Å². The second kappa shape index (κ2) is 7.34. The van der Waals surface area contributed by atoms with E-state index in [2.05, 4.69) is 11.0 Å². The highest BCUT2D eigenvalue weighted by molar-refractivity contribution is 6.02. The molecule has 144 valence electrons. The first-order valence-corrected chi connectivity index (χ1v) is 7.22. The van der Waals surface area contributed by atoms with Gasteiger partial charge in [0.15, 0.2) is 0 Å². The van der Waals surface area contributed by atoms with Crippen molar-refractivity contribution < 1.29 is 35.5 Å². The molecule has 0 radical (unpaired) electrons. The number of alkyl halides is 7. The number of rotatable bonds is 6. The monoisotopic (exact) mass is 392 g/mol. The minimum atomic E-state index is -6.46. The Morgan fingerprint density at radius 1 is 1.04 bits per heavy atom. The van der Waals surface area contributed by atoms with Gasteiger partial charge in [0.1, 0.15) is 12.4 Å². The lowest BCUT2D eigenvalue weighted by atomic mass is 10.0. The predicted molar refractivity (Wildman–Crippen MR) is 85.0 cm³/mol. The van der Waals surface area contributed by atoms with Gasteiger partial charge >= 0.3 is 18.1 Å². The molecule has 27 heavy (non-hydrogen) atoms. The molecule has 0 unspecified atom stereocenters. The number of fused-ring (bicyclic) bond motifs is 1. The average Bonchev–Trinajstić information content (AvgIpc) is 2.59. The molecular formula is C17H11F7N2O. The van der Waals surface area contributed by atoms with Gasteiger partial charge in [0.25, 0.3) is 0 Å². The second-order valence-electron chi connectivity index (χ2n) is 5.21. The van der Waals surface area contributed by atoms with Gasteiger partial charge in [0, 0.05) is 5.56 Å². The molecule has 0 aliphatic heterocycles. The van der Waals surface area contributed by atoms with Gasteiger partial charge in [-0.15, -0.1) is 6.42 Å². The maximum atomic E-state index is 13.3. The summed E-state index contributed by atoms with van der Waals surface area (Å²) >= 11 is 0. The van der Waals surface area contributed by atoms with Crippen molar-refractivity contribution in [3.05, 3.63) is 42.0 Å². The quantitative estimate of drug-likeness (QED) is 0.257. The number of halogens is 7. The Hall–Kier alpha value is -2.96. The summed E-state index contributed by atoms with van der Waals surface area (Å²) in [6, 6.07) is 3.90. The Labute approximate surface area is 148 Å². The molecule has 0 spiro atoms. The number of hydrogen-bond donors (Lipinski definition) is 1. The molecule has 0 fully saturated rings. The van der Waals surface area contributed by atoms with E-state index in [-0.39, 0.29) is 17.9 Å². The van der Waals surface area contributed by atoms with Crippen molar-refractivity contribution in [2.45, 2.75) is 18.1 Å². The van der Waals surface area contributed by atoms with Crippen molar-refractivity contribution in [2.75, 3.05) is 6.61 Å². The third-order valence-corrected chi connectivity index (χ3v) is 3.39. The lowest BCUT2D eigenvalue weighted by molar-refractivity contribution is -0.361. The summed E-state index contributed by atoms with van der Waals surface area (Å²) in [4.78, 5) is 0. The van der Waals surface area contributed by atoms with E-state index < -0.39 is 18.1 Å². The summed E-state index contributed by atoms with van der Waals surface area (Å²) in [6.07, 6.45) is -0.723. The molecule has 2 aromatic rings. The summed E-state index contributed by atoms with van der Waals surface area (Å²) in [7, 11) is 0. The lowest BCUT2D eigenvalue weighted by Gasteiger charge is -2.27. The Morgan fingerprint density at radius 2 is 1.70 bits per heavy atom. The molecule has 10 heteroatoms. The lowest BCUT2D eigenvalue weighted by Crippen LogP contribution is -2.58. The third-order valence-electron chi connectivity index (χ3n) is 3.39. The molecule has 0 saturated carbocycles. The summed E-state index contributed by atoms with van der Waals surface area (Å²) < 4.78 is 93.9. The van der Waals surface area contributed by atoms with Crippen molar-refractivity contribution in [3.63, 3.8) is 0 Å². The standard InChI is InChI=1S/C17H11F7N2O/c1-2-9-27-14-8-7-11-5-3-4-6-12(11)13(14)10-25-26-17(23,24)15(18,19)16(20,21)22/h1,3-8,10,26H,9H2/b25-10-. The number of terminal acetylenes is 1. The molecule has 2 aromatic carbocycles. The molecule has 1 N–H and O–H groups in total. The van der Waals surface area contributed by atoms with Gasteiger partial charge in [-0.25, -0.2) is 5.43 Å². The summed E-state index contributed by atoms with van der Waals surface area (Å²) in [5.74, 6) is -4.05. The SMILES string of the molecule is C#CCOc1ccc2ccccc2c1/C=N\NC(F)(F)C(F)(F)C(F)(F)F. The molecule has 0 aliphatic carbocycles. The molecule has 0 bridgehead atoms. The molecule has 0 atom stereocenters. The van der Waals surface area contributed by atoms with E-state index in [9.17, 15) is 30.7 Å². The van der Waals surface area contributed by atoms with Crippen LogP contribution in [0.4, 0.5) is 30.7 Å². The Kier molecular flexibility index (Phi) is 5.54. The summed E-state index contributed by atoms with van der Waals surface area (Å²) in [6.45, 7) is -0.186.